The zero-order chi connectivity index (χ0) is 9.90. The lowest BCUT2D eigenvalue weighted by Gasteiger charge is -2.32. The van der Waals surface area contributed by atoms with Gasteiger partial charge in [-0.05, 0) is 0 Å². The molecule has 72 valence electrons. The van der Waals surface area contributed by atoms with Gasteiger partial charge in [0.25, 0.3) is 5.91 Å². The lowest BCUT2D eigenvalue weighted by atomic mass is 10.3. The molecule has 0 aromatic carbocycles. The second kappa shape index (κ2) is 3.89. The molecule has 0 radical (unpaired) electrons. The van der Waals surface area contributed by atoms with Gasteiger partial charge in [0.15, 0.2) is 18.3 Å². The molecule has 0 spiro atoms. The van der Waals surface area contributed by atoms with Crippen molar-refractivity contribution in [3.63, 3.8) is 0 Å². The first-order valence-electron chi connectivity index (χ1n) is 4.03. The zero-order valence-electron chi connectivity index (χ0n) is 7.28. The van der Waals surface area contributed by atoms with E-state index < -0.39 is 0 Å². The van der Waals surface area contributed by atoms with Crippen molar-refractivity contribution in [2.24, 2.45) is 0 Å². The number of amides is 2. The Bertz CT molecular complexity index is 244. The largest absolute Gasteiger partial charge is 0.328 e. The van der Waals surface area contributed by atoms with E-state index in [1.165, 1.54) is 0 Å². The van der Waals surface area contributed by atoms with E-state index in [-0.39, 0.29) is 16.5 Å². The molecule has 1 rings (SSSR count). The van der Waals surface area contributed by atoms with Crippen LogP contribution in [0.1, 0.15) is 0 Å². The monoisotopic (exact) mass is 203 g/mol. The Balaban J connectivity index is 2.61. The highest BCUT2D eigenvalue weighted by Gasteiger charge is 2.37. The second-order valence-corrected chi connectivity index (χ2v) is 3.71. The molecule has 0 aromatic heterocycles. The maximum absolute atomic E-state index is 11.4. The van der Waals surface area contributed by atoms with Gasteiger partial charge in [0.05, 0.1) is 6.54 Å². The van der Waals surface area contributed by atoms with Crippen LogP contribution in [0.4, 0.5) is 0 Å². The minimum absolute atomic E-state index is 0.0406. The van der Waals surface area contributed by atoms with E-state index >= 15 is 0 Å². The van der Waals surface area contributed by atoms with Crippen LogP contribution in [0, 0.1) is 0 Å². The van der Waals surface area contributed by atoms with Gasteiger partial charge in [-0.1, -0.05) is 6.08 Å². The van der Waals surface area contributed by atoms with Gasteiger partial charge in [-0.15, -0.1) is 6.58 Å². The molecule has 1 aliphatic heterocycles. The summed E-state index contributed by atoms with van der Waals surface area (Å²) < 4.78 is -0.327. The molecule has 1 aliphatic rings. The van der Waals surface area contributed by atoms with Gasteiger partial charge in [-0.3, -0.25) is 4.79 Å². The summed E-state index contributed by atoms with van der Waals surface area (Å²) in [5, 5.41) is 0. The summed E-state index contributed by atoms with van der Waals surface area (Å²) in [6, 6.07) is 0. The van der Waals surface area contributed by atoms with Crippen LogP contribution in [0.2, 0.25) is 0 Å². The van der Waals surface area contributed by atoms with E-state index in [9.17, 15) is 9.59 Å². The van der Waals surface area contributed by atoms with Crippen molar-refractivity contribution < 1.29 is 13.6 Å². The fraction of sp³-hybridized carbons (Fsp3) is 0.500. The summed E-state index contributed by atoms with van der Waals surface area (Å²) in [5.74, 6) is -0.103. The van der Waals surface area contributed by atoms with Crippen LogP contribution in [0.5, 0.6) is 0 Å². The van der Waals surface area contributed by atoms with Gasteiger partial charge in [0, 0.05) is 6.54 Å². The SMILES string of the molecule is C=CCN1CC[N+](Cl)(C=O)CC1=O. The number of hydrogen-bond acceptors (Lipinski definition) is 2. The first-order valence-corrected chi connectivity index (χ1v) is 4.36. The third kappa shape index (κ3) is 2.29. The normalized spacial score (nSPS) is 28.7. The highest BCUT2D eigenvalue weighted by molar-refractivity contribution is 6.11. The second-order valence-electron chi connectivity index (χ2n) is 3.04. The maximum atomic E-state index is 11.4. The Morgan fingerprint density at radius 3 is 2.85 bits per heavy atom. The van der Waals surface area contributed by atoms with E-state index in [4.69, 9.17) is 11.8 Å². The van der Waals surface area contributed by atoms with Crippen molar-refractivity contribution in [1.29, 1.82) is 0 Å². The molecule has 2 amide bonds. The number of halogens is 1. The molecular formula is C8H12ClN2O2+. The van der Waals surface area contributed by atoms with Crippen molar-refractivity contribution in [3.8, 4) is 0 Å². The summed E-state index contributed by atoms with van der Waals surface area (Å²) in [6.07, 6.45) is 2.26. The van der Waals surface area contributed by atoms with E-state index in [1.54, 1.807) is 11.0 Å². The minimum Gasteiger partial charge on any atom is -0.328 e. The molecule has 1 saturated heterocycles. The van der Waals surface area contributed by atoms with Crippen molar-refractivity contribution in [2.45, 2.75) is 0 Å². The van der Waals surface area contributed by atoms with Crippen LogP contribution >= 0.6 is 11.8 Å². The lowest BCUT2D eigenvalue weighted by Crippen LogP contribution is -2.56. The smallest absolute Gasteiger partial charge is 0.319 e. The molecule has 13 heavy (non-hydrogen) atoms. The predicted octanol–water partition coefficient (Wildman–Crippen LogP) is 0.142. The van der Waals surface area contributed by atoms with Gasteiger partial charge in [-0.2, -0.15) is 4.00 Å². The molecule has 0 N–H and O–H groups in total. The number of nitrogens with zero attached hydrogens (tertiary/aromatic N) is 2. The molecule has 5 heteroatoms. The van der Waals surface area contributed by atoms with Crippen LogP contribution in [-0.2, 0) is 9.59 Å². The Morgan fingerprint density at radius 2 is 2.38 bits per heavy atom. The third-order valence-electron chi connectivity index (χ3n) is 2.03. The van der Waals surface area contributed by atoms with Gasteiger partial charge < -0.3 is 4.90 Å². The average Bonchev–Trinajstić information content (AvgIpc) is 2.11. The lowest BCUT2D eigenvalue weighted by molar-refractivity contribution is -0.722. The maximum Gasteiger partial charge on any atom is 0.319 e. The van der Waals surface area contributed by atoms with Gasteiger partial charge in [0.2, 0.25) is 0 Å². The van der Waals surface area contributed by atoms with E-state index in [0.29, 0.717) is 26.0 Å². The summed E-state index contributed by atoms with van der Waals surface area (Å²) in [4.78, 5) is 23.6. The summed E-state index contributed by atoms with van der Waals surface area (Å²) in [7, 11) is 0. The molecule has 4 nitrogen and oxygen atoms in total. The zero-order valence-corrected chi connectivity index (χ0v) is 8.04. The average molecular weight is 204 g/mol. The number of carbonyl (C=O) groups excluding carboxylic acids is 2. The summed E-state index contributed by atoms with van der Waals surface area (Å²) in [5.41, 5.74) is 0. The van der Waals surface area contributed by atoms with Crippen molar-refractivity contribution in [1.82, 2.24) is 4.90 Å². The minimum atomic E-state index is -0.327. The quantitative estimate of drug-likeness (QED) is 0.372. The third-order valence-corrected chi connectivity index (χ3v) is 2.40. The molecule has 1 atom stereocenters. The molecule has 1 unspecified atom stereocenters. The summed E-state index contributed by atoms with van der Waals surface area (Å²) in [6.45, 7) is 5.08. The highest BCUT2D eigenvalue weighted by atomic mass is 35.5. The molecule has 0 aromatic rings. The molecule has 0 bridgehead atoms. The van der Waals surface area contributed by atoms with Crippen molar-refractivity contribution in [3.05, 3.63) is 12.7 Å². The van der Waals surface area contributed by atoms with Gasteiger partial charge >= 0.3 is 6.41 Å². The van der Waals surface area contributed by atoms with Crippen molar-refractivity contribution in [2.75, 3.05) is 26.2 Å². The van der Waals surface area contributed by atoms with Crippen LogP contribution in [0.3, 0.4) is 0 Å². The number of quaternary nitrogens is 1. The predicted molar refractivity (Wildman–Crippen MR) is 48.7 cm³/mol. The van der Waals surface area contributed by atoms with Gasteiger partial charge in [0.1, 0.15) is 6.54 Å². The topological polar surface area (TPSA) is 37.4 Å². The summed E-state index contributed by atoms with van der Waals surface area (Å²) >= 11 is 5.82. The van der Waals surface area contributed by atoms with Crippen LogP contribution in [-0.4, -0.2) is 47.4 Å². The van der Waals surface area contributed by atoms with E-state index in [0.717, 1.165) is 0 Å². The van der Waals surface area contributed by atoms with Crippen molar-refractivity contribution >= 4 is 24.1 Å². The number of piperazine rings is 1. The van der Waals surface area contributed by atoms with Crippen LogP contribution in [0.25, 0.3) is 0 Å². The standard InChI is InChI=1S/C8H12ClN2O2/c1-2-3-10-4-5-11(9,7-12)6-8(10)13/h2,7H,1,3-6H2/q+1. The highest BCUT2D eigenvalue weighted by Crippen LogP contribution is 2.14. The number of carbonyl (C=O) groups is 2. The Morgan fingerprint density at radius 1 is 1.69 bits per heavy atom. The fourth-order valence-electron chi connectivity index (χ4n) is 1.25. The first kappa shape index (κ1) is 10.2. The first-order chi connectivity index (χ1) is 6.11. The molecular weight excluding hydrogens is 192 g/mol. The van der Waals surface area contributed by atoms with Gasteiger partial charge in [-0.25, -0.2) is 4.79 Å². The Labute approximate surface area is 82.1 Å². The number of rotatable bonds is 3. The molecule has 1 fully saturated rings. The number of hydrogen-bond donors (Lipinski definition) is 0. The Kier molecular flexibility index (Phi) is 3.06. The fourth-order valence-corrected chi connectivity index (χ4v) is 1.43. The molecule has 0 saturated carbocycles. The van der Waals surface area contributed by atoms with Crippen LogP contribution < -0.4 is 0 Å². The van der Waals surface area contributed by atoms with Crippen LogP contribution in [0.15, 0.2) is 12.7 Å². The van der Waals surface area contributed by atoms with E-state index in [2.05, 4.69) is 6.58 Å². The molecule has 0 aliphatic carbocycles. The molecule has 1 heterocycles. The van der Waals surface area contributed by atoms with E-state index in [1.807, 2.05) is 0 Å². The Hall–Kier alpha value is -0.870.